The summed E-state index contributed by atoms with van der Waals surface area (Å²) in [5.41, 5.74) is 2.42. The molecule has 0 radical (unpaired) electrons. The molecule has 21 heavy (non-hydrogen) atoms. The first kappa shape index (κ1) is 14.1. The second-order valence-electron chi connectivity index (χ2n) is 5.45. The van der Waals surface area contributed by atoms with E-state index in [1.807, 2.05) is 30.3 Å². The van der Waals surface area contributed by atoms with Gasteiger partial charge < -0.3 is 15.4 Å². The van der Waals surface area contributed by atoms with Crippen molar-refractivity contribution in [1.29, 1.82) is 0 Å². The highest BCUT2D eigenvalue weighted by Gasteiger charge is 2.14. The van der Waals surface area contributed by atoms with Crippen molar-refractivity contribution >= 4 is 0 Å². The van der Waals surface area contributed by atoms with Crippen LogP contribution < -0.4 is 15.4 Å². The largest absolute Gasteiger partial charge is 0.489 e. The van der Waals surface area contributed by atoms with Crippen LogP contribution in [0.15, 0.2) is 54.6 Å². The zero-order valence-corrected chi connectivity index (χ0v) is 12.2. The molecule has 1 atom stereocenters. The van der Waals surface area contributed by atoms with Crippen LogP contribution in [0.5, 0.6) is 5.75 Å². The molecule has 0 aliphatic carbocycles. The Morgan fingerprint density at radius 3 is 2.67 bits per heavy atom. The van der Waals surface area contributed by atoms with Crippen LogP contribution in [-0.2, 0) is 13.2 Å². The normalized spacial score (nSPS) is 17.8. The number of hydrogen-bond acceptors (Lipinski definition) is 3. The molecule has 1 unspecified atom stereocenters. The van der Waals surface area contributed by atoms with E-state index in [0.29, 0.717) is 12.6 Å². The molecule has 1 aliphatic heterocycles. The molecule has 1 fully saturated rings. The van der Waals surface area contributed by atoms with Crippen LogP contribution in [0.3, 0.4) is 0 Å². The monoisotopic (exact) mass is 282 g/mol. The van der Waals surface area contributed by atoms with Crippen molar-refractivity contribution in [1.82, 2.24) is 10.6 Å². The molecule has 2 N–H and O–H groups in total. The molecule has 0 spiro atoms. The number of rotatable bonds is 6. The molecule has 0 amide bonds. The minimum absolute atomic E-state index is 0.576. The van der Waals surface area contributed by atoms with Gasteiger partial charge in [0, 0.05) is 24.7 Å². The molecule has 0 aromatic heterocycles. The van der Waals surface area contributed by atoms with Gasteiger partial charge in [0.15, 0.2) is 0 Å². The minimum atomic E-state index is 0.576. The predicted molar refractivity (Wildman–Crippen MR) is 85.3 cm³/mol. The molecule has 2 aromatic carbocycles. The maximum atomic E-state index is 5.98. The lowest BCUT2D eigenvalue weighted by Crippen LogP contribution is -2.30. The maximum absolute atomic E-state index is 5.98. The molecule has 110 valence electrons. The lowest BCUT2D eigenvalue weighted by molar-refractivity contribution is 0.301. The summed E-state index contributed by atoms with van der Waals surface area (Å²) in [6, 6.07) is 19.1. The van der Waals surface area contributed by atoms with Crippen LogP contribution >= 0.6 is 0 Å². The number of benzene rings is 2. The highest BCUT2D eigenvalue weighted by atomic mass is 16.5. The van der Waals surface area contributed by atoms with Gasteiger partial charge in [0.05, 0.1) is 0 Å². The van der Waals surface area contributed by atoms with Gasteiger partial charge in [-0.15, -0.1) is 0 Å². The summed E-state index contributed by atoms with van der Waals surface area (Å²) in [6.07, 6.45) is 1.20. The Hall–Kier alpha value is -1.84. The Balaban J connectivity index is 1.59. The van der Waals surface area contributed by atoms with Gasteiger partial charge in [-0.1, -0.05) is 48.5 Å². The van der Waals surface area contributed by atoms with E-state index in [0.717, 1.165) is 25.4 Å². The molecule has 0 bridgehead atoms. The third kappa shape index (κ3) is 4.06. The Morgan fingerprint density at radius 1 is 1.05 bits per heavy atom. The van der Waals surface area contributed by atoms with Crippen LogP contribution in [-0.4, -0.2) is 19.1 Å². The van der Waals surface area contributed by atoms with E-state index in [2.05, 4.69) is 34.9 Å². The lowest BCUT2D eigenvalue weighted by Gasteiger charge is -2.15. The summed E-state index contributed by atoms with van der Waals surface area (Å²) in [7, 11) is 0. The molecular weight excluding hydrogens is 260 g/mol. The average molecular weight is 282 g/mol. The Labute approximate surface area is 126 Å². The Morgan fingerprint density at radius 2 is 1.86 bits per heavy atom. The van der Waals surface area contributed by atoms with E-state index in [9.17, 15) is 0 Å². The third-order valence-corrected chi connectivity index (χ3v) is 3.85. The highest BCUT2D eigenvalue weighted by molar-refractivity contribution is 5.33. The first-order valence-corrected chi connectivity index (χ1v) is 7.60. The van der Waals surface area contributed by atoms with Crippen LogP contribution in [0.25, 0.3) is 0 Å². The SMILES string of the molecule is c1ccc(COc2ccccc2CNC2CCNC2)cc1. The van der Waals surface area contributed by atoms with E-state index < -0.39 is 0 Å². The molecule has 1 aliphatic rings. The summed E-state index contributed by atoms with van der Waals surface area (Å²) >= 11 is 0. The smallest absolute Gasteiger partial charge is 0.124 e. The summed E-state index contributed by atoms with van der Waals surface area (Å²) in [5, 5.41) is 6.97. The van der Waals surface area contributed by atoms with Crippen molar-refractivity contribution < 1.29 is 4.74 Å². The molecule has 0 saturated carbocycles. The Bertz CT molecular complexity index is 550. The second kappa shape index (κ2) is 7.25. The van der Waals surface area contributed by atoms with Crippen LogP contribution in [0.2, 0.25) is 0 Å². The summed E-state index contributed by atoms with van der Waals surface area (Å²) in [5.74, 6) is 0.972. The standard InChI is InChI=1S/C18H22N2O/c1-2-6-15(7-3-1)14-21-18-9-5-4-8-16(18)12-20-17-10-11-19-13-17/h1-9,17,19-20H,10-14H2. The van der Waals surface area contributed by atoms with E-state index in [1.54, 1.807) is 0 Å². The van der Waals surface area contributed by atoms with Gasteiger partial charge in [0.1, 0.15) is 12.4 Å². The van der Waals surface area contributed by atoms with Gasteiger partial charge in [-0.05, 0) is 24.6 Å². The van der Waals surface area contributed by atoms with E-state index in [1.165, 1.54) is 17.5 Å². The number of hydrogen-bond donors (Lipinski definition) is 2. The van der Waals surface area contributed by atoms with Crippen molar-refractivity contribution in [3.05, 3.63) is 65.7 Å². The third-order valence-electron chi connectivity index (χ3n) is 3.85. The molecule has 3 rings (SSSR count). The summed E-state index contributed by atoms with van der Waals surface area (Å²) in [4.78, 5) is 0. The van der Waals surface area contributed by atoms with Crippen LogP contribution in [0.4, 0.5) is 0 Å². The molecule has 1 heterocycles. The zero-order chi connectivity index (χ0) is 14.3. The van der Waals surface area contributed by atoms with Crippen molar-refractivity contribution in [2.75, 3.05) is 13.1 Å². The van der Waals surface area contributed by atoms with Crippen molar-refractivity contribution in [2.24, 2.45) is 0 Å². The first-order valence-electron chi connectivity index (χ1n) is 7.60. The Kier molecular flexibility index (Phi) is 4.87. The zero-order valence-electron chi connectivity index (χ0n) is 12.2. The van der Waals surface area contributed by atoms with E-state index in [4.69, 9.17) is 4.74 Å². The predicted octanol–water partition coefficient (Wildman–Crippen LogP) is 2.72. The van der Waals surface area contributed by atoms with Crippen LogP contribution in [0.1, 0.15) is 17.5 Å². The van der Waals surface area contributed by atoms with Gasteiger partial charge in [-0.25, -0.2) is 0 Å². The molecule has 3 nitrogen and oxygen atoms in total. The van der Waals surface area contributed by atoms with Gasteiger partial charge >= 0.3 is 0 Å². The quantitative estimate of drug-likeness (QED) is 0.854. The molecule has 2 aromatic rings. The maximum Gasteiger partial charge on any atom is 0.124 e. The summed E-state index contributed by atoms with van der Waals surface area (Å²) in [6.45, 7) is 3.65. The van der Waals surface area contributed by atoms with Gasteiger partial charge in [0.25, 0.3) is 0 Å². The number of nitrogens with one attached hydrogen (secondary N) is 2. The van der Waals surface area contributed by atoms with E-state index >= 15 is 0 Å². The number of ether oxygens (including phenoxy) is 1. The first-order chi connectivity index (χ1) is 10.4. The average Bonchev–Trinajstić information content (AvgIpc) is 3.06. The fraction of sp³-hybridized carbons (Fsp3) is 0.333. The fourth-order valence-electron chi connectivity index (χ4n) is 2.61. The van der Waals surface area contributed by atoms with Crippen molar-refractivity contribution in [3.63, 3.8) is 0 Å². The van der Waals surface area contributed by atoms with Gasteiger partial charge in [0.2, 0.25) is 0 Å². The topological polar surface area (TPSA) is 33.3 Å². The van der Waals surface area contributed by atoms with Crippen molar-refractivity contribution in [2.45, 2.75) is 25.6 Å². The molecule has 1 saturated heterocycles. The summed E-state index contributed by atoms with van der Waals surface area (Å²) < 4.78 is 5.98. The lowest BCUT2D eigenvalue weighted by atomic mass is 10.1. The van der Waals surface area contributed by atoms with Gasteiger partial charge in [-0.2, -0.15) is 0 Å². The minimum Gasteiger partial charge on any atom is -0.489 e. The van der Waals surface area contributed by atoms with Gasteiger partial charge in [-0.3, -0.25) is 0 Å². The fourth-order valence-corrected chi connectivity index (χ4v) is 2.61. The molecular formula is C18H22N2O. The highest BCUT2D eigenvalue weighted by Crippen LogP contribution is 2.19. The van der Waals surface area contributed by atoms with Crippen molar-refractivity contribution in [3.8, 4) is 5.75 Å². The molecule has 3 heteroatoms. The van der Waals surface area contributed by atoms with E-state index in [-0.39, 0.29) is 0 Å². The second-order valence-corrected chi connectivity index (χ2v) is 5.45. The number of para-hydroxylation sites is 1. The van der Waals surface area contributed by atoms with Crippen LogP contribution in [0, 0.1) is 0 Å².